The molecule has 6 nitrogen and oxygen atoms in total. The lowest BCUT2D eigenvalue weighted by Crippen LogP contribution is -2.14. The third-order valence-corrected chi connectivity index (χ3v) is 3.39. The Morgan fingerprint density at radius 3 is 2.26 bits per heavy atom. The number of carbonyl (C=O) groups excluding carboxylic acids is 1. The zero-order valence-electron chi connectivity index (χ0n) is 11.9. The van der Waals surface area contributed by atoms with Crippen LogP contribution >= 0.6 is 0 Å². The number of primary amides is 1. The van der Waals surface area contributed by atoms with Gasteiger partial charge in [0.05, 0.1) is 23.3 Å². The van der Waals surface area contributed by atoms with Crippen LogP contribution in [0.15, 0.2) is 36.4 Å². The quantitative estimate of drug-likeness (QED) is 0.776. The highest BCUT2D eigenvalue weighted by Gasteiger charge is 2.13. The second kappa shape index (κ2) is 6.21. The molecule has 1 amide bonds. The lowest BCUT2D eigenvalue weighted by molar-refractivity contribution is 0.100. The minimum Gasteiger partial charge on any atom is -0.366 e. The predicted octanol–water partition coefficient (Wildman–Crippen LogP) is 2.18. The van der Waals surface area contributed by atoms with Gasteiger partial charge in [0.2, 0.25) is 15.9 Å². The van der Waals surface area contributed by atoms with Crippen LogP contribution in [0.4, 0.5) is 25.8 Å². The van der Waals surface area contributed by atoms with Crippen molar-refractivity contribution >= 4 is 33.0 Å². The van der Waals surface area contributed by atoms with Gasteiger partial charge in [-0.25, -0.2) is 17.2 Å². The molecule has 2 aromatic carbocycles. The Hall–Kier alpha value is -2.68. The fraction of sp³-hybridized carbons (Fsp3) is 0.0714. The molecule has 0 atom stereocenters. The van der Waals surface area contributed by atoms with Crippen molar-refractivity contribution < 1.29 is 22.0 Å². The van der Waals surface area contributed by atoms with Gasteiger partial charge in [0.15, 0.2) is 0 Å². The van der Waals surface area contributed by atoms with E-state index in [0.717, 1.165) is 18.4 Å². The molecule has 0 heterocycles. The molecule has 0 saturated carbocycles. The van der Waals surface area contributed by atoms with E-state index in [9.17, 15) is 22.0 Å². The Labute approximate surface area is 131 Å². The number of hydrogen-bond donors (Lipinski definition) is 3. The van der Waals surface area contributed by atoms with E-state index in [-0.39, 0.29) is 22.6 Å². The SMILES string of the molecule is CS(=O)(=O)Nc1ccc(C(N)=O)cc1Nc1ccc(F)cc1F. The smallest absolute Gasteiger partial charge is 0.248 e. The lowest BCUT2D eigenvalue weighted by Gasteiger charge is -2.14. The second-order valence-corrected chi connectivity index (χ2v) is 6.50. The van der Waals surface area contributed by atoms with Crippen LogP contribution in [0.2, 0.25) is 0 Å². The second-order valence-electron chi connectivity index (χ2n) is 4.75. The summed E-state index contributed by atoms with van der Waals surface area (Å²) in [6, 6.07) is 6.74. The van der Waals surface area contributed by atoms with Gasteiger partial charge in [0, 0.05) is 11.6 Å². The Morgan fingerprint density at radius 1 is 1.04 bits per heavy atom. The van der Waals surface area contributed by atoms with Crippen LogP contribution in [-0.2, 0) is 10.0 Å². The van der Waals surface area contributed by atoms with E-state index in [0.29, 0.717) is 6.07 Å². The first-order valence-corrected chi connectivity index (χ1v) is 8.18. The van der Waals surface area contributed by atoms with Gasteiger partial charge in [0.25, 0.3) is 0 Å². The van der Waals surface area contributed by atoms with Gasteiger partial charge in [-0.05, 0) is 30.3 Å². The first-order valence-electron chi connectivity index (χ1n) is 6.29. The van der Waals surface area contributed by atoms with Gasteiger partial charge in [-0.1, -0.05) is 0 Å². The van der Waals surface area contributed by atoms with E-state index in [1.165, 1.54) is 18.2 Å². The molecule has 122 valence electrons. The highest BCUT2D eigenvalue weighted by atomic mass is 32.2. The molecular weight excluding hydrogens is 328 g/mol. The number of carbonyl (C=O) groups is 1. The molecule has 0 saturated heterocycles. The van der Waals surface area contributed by atoms with Gasteiger partial charge in [0.1, 0.15) is 11.6 Å². The monoisotopic (exact) mass is 341 g/mol. The minimum absolute atomic E-state index is 0.0845. The predicted molar refractivity (Wildman–Crippen MR) is 83.1 cm³/mol. The van der Waals surface area contributed by atoms with Crippen molar-refractivity contribution in [3.8, 4) is 0 Å². The average molecular weight is 341 g/mol. The minimum atomic E-state index is -3.60. The van der Waals surface area contributed by atoms with Crippen LogP contribution in [0.5, 0.6) is 0 Å². The van der Waals surface area contributed by atoms with Crippen LogP contribution in [0.3, 0.4) is 0 Å². The normalized spacial score (nSPS) is 11.1. The van der Waals surface area contributed by atoms with Gasteiger partial charge in [-0.3, -0.25) is 9.52 Å². The third kappa shape index (κ3) is 4.39. The summed E-state index contributed by atoms with van der Waals surface area (Å²) >= 11 is 0. The molecule has 9 heteroatoms. The van der Waals surface area contributed by atoms with E-state index in [1.54, 1.807) is 0 Å². The van der Waals surface area contributed by atoms with Crippen LogP contribution < -0.4 is 15.8 Å². The summed E-state index contributed by atoms with van der Waals surface area (Å²) in [7, 11) is -3.60. The van der Waals surface area contributed by atoms with Gasteiger partial charge in [-0.2, -0.15) is 0 Å². The number of nitrogens with one attached hydrogen (secondary N) is 2. The molecule has 2 rings (SSSR count). The largest absolute Gasteiger partial charge is 0.366 e. The van der Waals surface area contributed by atoms with Gasteiger partial charge < -0.3 is 11.1 Å². The molecule has 0 aliphatic heterocycles. The first-order chi connectivity index (χ1) is 10.7. The Bertz CT molecular complexity index is 870. The van der Waals surface area contributed by atoms with Crippen molar-refractivity contribution in [2.24, 2.45) is 5.73 Å². The van der Waals surface area contributed by atoms with Gasteiger partial charge >= 0.3 is 0 Å². The van der Waals surface area contributed by atoms with Crippen molar-refractivity contribution in [2.45, 2.75) is 0 Å². The Balaban J connectivity index is 2.48. The Kier molecular flexibility index (Phi) is 4.50. The summed E-state index contributed by atoms with van der Waals surface area (Å²) < 4.78 is 51.7. The summed E-state index contributed by atoms with van der Waals surface area (Å²) in [5.74, 6) is -2.37. The van der Waals surface area contributed by atoms with Gasteiger partial charge in [-0.15, -0.1) is 0 Å². The summed E-state index contributed by atoms with van der Waals surface area (Å²) in [5.41, 5.74) is 5.35. The molecule has 0 aliphatic rings. The summed E-state index contributed by atoms with van der Waals surface area (Å²) in [6.07, 6.45) is 0.942. The van der Waals surface area contributed by atoms with Crippen molar-refractivity contribution in [3.05, 3.63) is 53.6 Å². The van der Waals surface area contributed by atoms with E-state index in [4.69, 9.17) is 5.73 Å². The van der Waals surface area contributed by atoms with E-state index in [1.807, 2.05) is 0 Å². The van der Waals surface area contributed by atoms with Crippen molar-refractivity contribution in [2.75, 3.05) is 16.3 Å². The number of anilines is 3. The summed E-state index contributed by atoms with van der Waals surface area (Å²) in [5, 5.41) is 2.61. The molecular formula is C14H13F2N3O3S. The molecule has 0 bridgehead atoms. The highest BCUT2D eigenvalue weighted by molar-refractivity contribution is 7.92. The van der Waals surface area contributed by atoms with E-state index < -0.39 is 27.6 Å². The number of hydrogen-bond acceptors (Lipinski definition) is 4. The number of halogens is 2. The molecule has 0 spiro atoms. The van der Waals surface area contributed by atoms with Crippen LogP contribution in [0, 0.1) is 11.6 Å². The number of sulfonamides is 1. The standard InChI is InChI=1S/C14H13F2N3O3S/c1-23(21,22)19-12-4-2-8(14(17)20)6-13(12)18-11-5-3-9(15)7-10(11)16/h2-7,18-19H,1H3,(H2,17,20). The highest BCUT2D eigenvalue weighted by Crippen LogP contribution is 2.29. The summed E-state index contributed by atoms with van der Waals surface area (Å²) in [4.78, 5) is 11.2. The topological polar surface area (TPSA) is 101 Å². The third-order valence-electron chi connectivity index (χ3n) is 2.80. The molecule has 0 aromatic heterocycles. The van der Waals surface area contributed by atoms with Crippen LogP contribution in [0.1, 0.15) is 10.4 Å². The number of rotatable bonds is 5. The zero-order chi connectivity index (χ0) is 17.2. The van der Waals surface area contributed by atoms with Crippen LogP contribution in [0.25, 0.3) is 0 Å². The zero-order valence-corrected chi connectivity index (χ0v) is 12.7. The van der Waals surface area contributed by atoms with Crippen LogP contribution in [-0.4, -0.2) is 20.6 Å². The van der Waals surface area contributed by atoms with E-state index >= 15 is 0 Å². The van der Waals surface area contributed by atoms with E-state index in [2.05, 4.69) is 10.0 Å². The molecule has 0 radical (unpaired) electrons. The molecule has 0 fully saturated rings. The van der Waals surface area contributed by atoms with Crippen molar-refractivity contribution in [3.63, 3.8) is 0 Å². The lowest BCUT2D eigenvalue weighted by atomic mass is 10.1. The molecule has 0 aliphatic carbocycles. The maximum atomic E-state index is 13.7. The molecule has 4 N–H and O–H groups in total. The molecule has 23 heavy (non-hydrogen) atoms. The maximum Gasteiger partial charge on any atom is 0.248 e. The summed E-state index contributed by atoms with van der Waals surface area (Å²) in [6.45, 7) is 0. The number of nitrogens with two attached hydrogens (primary N) is 1. The fourth-order valence-electron chi connectivity index (χ4n) is 1.83. The number of amides is 1. The van der Waals surface area contributed by atoms with Crippen molar-refractivity contribution in [1.29, 1.82) is 0 Å². The molecule has 2 aromatic rings. The number of benzene rings is 2. The average Bonchev–Trinajstić information content (AvgIpc) is 2.41. The Morgan fingerprint density at radius 2 is 1.70 bits per heavy atom. The first kappa shape index (κ1) is 16.7. The maximum absolute atomic E-state index is 13.7. The fourth-order valence-corrected chi connectivity index (χ4v) is 2.40. The van der Waals surface area contributed by atoms with Crippen molar-refractivity contribution in [1.82, 2.24) is 0 Å². The molecule has 0 unspecified atom stereocenters.